The highest BCUT2D eigenvalue weighted by Crippen LogP contribution is 2.33. The zero-order valence-corrected chi connectivity index (χ0v) is 10.3. The van der Waals surface area contributed by atoms with Gasteiger partial charge in [-0.15, -0.1) is 0 Å². The second-order valence-electron chi connectivity index (χ2n) is 3.56. The van der Waals surface area contributed by atoms with Crippen molar-refractivity contribution in [1.82, 2.24) is 0 Å². The van der Waals surface area contributed by atoms with E-state index in [1.165, 1.54) is 19.2 Å². The molecule has 1 aromatic rings. The van der Waals surface area contributed by atoms with Gasteiger partial charge in [-0.2, -0.15) is 0 Å². The lowest BCUT2D eigenvalue weighted by atomic mass is 10.2. The fraction of sp³-hybridized carbons (Fsp3) is 0.364. The third kappa shape index (κ3) is 1.91. The van der Waals surface area contributed by atoms with Crippen LogP contribution in [0.15, 0.2) is 18.2 Å². The van der Waals surface area contributed by atoms with Gasteiger partial charge in [0, 0.05) is 12.6 Å². The molecule has 1 aliphatic rings. The fourth-order valence-electron chi connectivity index (χ4n) is 1.76. The van der Waals surface area contributed by atoms with Gasteiger partial charge in [-0.1, -0.05) is 15.9 Å². The van der Waals surface area contributed by atoms with Crippen LogP contribution >= 0.6 is 15.9 Å². The number of carbonyl (C=O) groups excluding carboxylic acids is 1. The first-order valence-electron chi connectivity index (χ1n) is 4.92. The third-order valence-electron chi connectivity index (χ3n) is 2.57. The molecule has 0 radical (unpaired) electrons. The van der Waals surface area contributed by atoms with Gasteiger partial charge in [0.05, 0.1) is 17.6 Å². The van der Waals surface area contributed by atoms with Gasteiger partial charge in [0.2, 0.25) is 5.91 Å². The summed E-state index contributed by atoms with van der Waals surface area (Å²) in [6, 6.07) is 4.17. The van der Waals surface area contributed by atoms with E-state index in [0.717, 1.165) is 6.42 Å². The molecule has 1 saturated heterocycles. The Morgan fingerprint density at radius 3 is 2.88 bits per heavy atom. The van der Waals surface area contributed by atoms with Crippen molar-refractivity contribution in [2.24, 2.45) is 0 Å². The van der Waals surface area contributed by atoms with Crippen molar-refractivity contribution < 1.29 is 13.9 Å². The minimum Gasteiger partial charge on any atom is -0.494 e. The fourth-order valence-corrected chi connectivity index (χ4v) is 2.21. The predicted molar refractivity (Wildman–Crippen MR) is 62.6 cm³/mol. The smallest absolute Gasteiger partial charge is 0.240 e. The van der Waals surface area contributed by atoms with Crippen LogP contribution in [0.5, 0.6) is 5.75 Å². The van der Waals surface area contributed by atoms with Gasteiger partial charge in [-0.25, -0.2) is 4.39 Å². The SMILES string of the molecule is COc1cc(F)ccc1N1CCC(Br)C1=O. The van der Waals surface area contributed by atoms with Gasteiger partial charge in [0.1, 0.15) is 11.6 Å². The highest BCUT2D eigenvalue weighted by Gasteiger charge is 2.31. The Kier molecular flexibility index (Phi) is 3.14. The summed E-state index contributed by atoms with van der Waals surface area (Å²) in [5.41, 5.74) is 0.621. The number of benzene rings is 1. The van der Waals surface area contributed by atoms with Crippen LogP contribution in [0.3, 0.4) is 0 Å². The molecule has 1 aromatic carbocycles. The Morgan fingerprint density at radius 2 is 2.31 bits per heavy atom. The van der Waals surface area contributed by atoms with E-state index in [9.17, 15) is 9.18 Å². The van der Waals surface area contributed by atoms with Crippen molar-refractivity contribution in [2.75, 3.05) is 18.6 Å². The van der Waals surface area contributed by atoms with Gasteiger partial charge in [-0.3, -0.25) is 4.79 Å². The normalized spacial score (nSPS) is 20.3. The van der Waals surface area contributed by atoms with Crippen LogP contribution in [0.2, 0.25) is 0 Å². The molecule has 86 valence electrons. The van der Waals surface area contributed by atoms with Crippen molar-refractivity contribution in [1.29, 1.82) is 0 Å². The number of amides is 1. The maximum Gasteiger partial charge on any atom is 0.240 e. The monoisotopic (exact) mass is 287 g/mol. The first-order valence-corrected chi connectivity index (χ1v) is 5.84. The number of halogens is 2. The third-order valence-corrected chi connectivity index (χ3v) is 3.42. The molecule has 3 nitrogen and oxygen atoms in total. The van der Waals surface area contributed by atoms with Crippen molar-refractivity contribution >= 4 is 27.5 Å². The van der Waals surface area contributed by atoms with Crippen LogP contribution in [-0.2, 0) is 4.79 Å². The van der Waals surface area contributed by atoms with E-state index in [2.05, 4.69) is 15.9 Å². The first kappa shape index (κ1) is 11.4. The van der Waals surface area contributed by atoms with Crippen LogP contribution in [0, 0.1) is 5.82 Å². The summed E-state index contributed by atoms with van der Waals surface area (Å²) >= 11 is 3.30. The van der Waals surface area contributed by atoms with E-state index >= 15 is 0 Å². The van der Waals surface area contributed by atoms with E-state index in [1.54, 1.807) is 11.0 Å². The van der Waals surface area contributed by atoms with E-state index in [4.69, 9.17) is 4.74 Å². The van der Waals surface area contributed by atoms with Gasteiger partial charge >= 0.3 is 0 Å². The van der Waals surface area contributed by atoms with Crippen molar-refractivity contribution in [3.8, 4) is 5.75 Å². The Hall–Kier alpha value is -1.10. The minimum atomic E-state index is -0.373. The molecule has 1 aliphatic heterocycles. The molecule has 0 N–H and O–H groups in total. The molecule has 0 saturated carbocycles. The number of nitrogens with zero attached hydrogens (tertiary/aromatic N) is 1. The van der Waals surface area contributed by atoms with Crippen molar-refractivity contribution in [3.63, 3.8) is 0 Å². The summed E-state index contributed by atoms with van der Waals surface area (Å²) in [6.07, 6.45) is 0.749. The zero-order valence-electron chi connectivity index (χ0n) is 8.74. The van der Waals surface area contributed by atoms with Crippen LogP contribution in [0.1, 0.15) is 6.42 Å². The molecule has 0 bridgehead atoms. The second-order valence-corrected chi connectivity index (χ2v) is 4.67. The lowest BCUT2D eigenvalue weighted by Crippen LogP contribution is -2.27. The lowest BCUT2D eigenvalue weighted by Gasteiger charge is -2.18. The standard InChI is InChI=1S/C11H11BrFNO2/c1-16-10-6-7(13)2-3-9(10)14-5-4-8(12)11(14)15/h2-3,6,8H,4-5H2,1H3. The first-order chi connectivity index (χ1) is 7.63. The quantitative estimate of drug-likeness (QED) is 0.782. The molecule has 2 rings (SSSR count). The Labute approximate surface area is 101 Å². The Morgan fingerprint density at radius 1 is 1.56 bits per heavy atom. The van der Waals surface area contributed by atoms with Crippen LogP contribution in [0.25, 0.3) is 0 Å². The summed E-state index contributed by atoms with van der Waals surface area (Å²) < 4.78 is 18.1. The van der Waals surface area contributed by atoms with Crippen molar-refractivity contribution in [3.05, 3.63) is 24.0 Å². The highest BCUT2D eigenvalue weighted by molar-refractivity contribution is 9.10. The van der Waals surface area contributed by atoms with Crippen LogP contribution < -0.4 is 9.64 Å². The molecular weight excluding hydrogens is 277 g/mol. The minimum absolute atomic E-state index is 0.00934. The number of alkyl halides is 1. The molecule has 1 amide bonds. The molecule has 1 fully saturated rings. The van der Waals surface area contributed by atoms with Gasteiger partial charge in [-0.05, 0) is 18.6 Å². The molecule has 1 heterocycles. The van der Waals surface area contributed by atoms with Crippen molar-refractivity contribution in [2.45, 2.75) is 11.2 Å². The molecular formula is C11H11BrFNO2. The largest absolute Gasteiger partial charge is 0.494 e. The van der Waals surface area contributed by atoms with E-state index in [-0.39, 0.29) is 16.6 Å². The highest BCUT2D eigenvalue weighted by atomic mass is 79.9. The zero-order chi connectivity index (χ0) is 11.7. The summed E-state index contributed by atoms with van der Waals surface area (Å²) in [6.45, 7) is 0.622. The van der Waals surface area contributed by atoms with Gasteiger partial charge in [0.15, 0.2) is 0 Å². The molecule has 16 heavy (non-hydrogen) atoms. The van der Waals surface area contributed by atoms with E-state index in [1.807, 2.05) is 0 Å². The van der Waals surface area contributed by atoms with Gasteiger partial charge in [0.25, 0.3) is 0 Å². The van der Waals surface area contributed by atoms with E-state index < -0.39 is 0 Å². The second kappa shape index (κ2) is 4.41. The molecule has 0 aromatic heterocycles. The number of rotatable bonds is 2. The Bertz CT molecular complexity index is 424. The topological polar surface area (TPSA) is 29.5 Å². The van der Waals surface area contributed by atoms with E-state index in [0.29, 0.717) is 18.0 Å². The lowest BCUT2D eigenvalue weighted by molar-refractivity contribution is -0.116. The maximum absolute atomic E-state index is 13.0. The predicted octanol–water partition coefficient (Wildman–Crippen LogP) is 2.33. The summed E-state index contributed by atoms with van der Waals surface area (Å²) in [7, 11) is 1.46. The average Bonchev–Trinajstić information content (AvgIpc) is 2.60. The van der Waals surface area contributed by atoms with Gasteiger partial charge < -0.3 is 9.64 Å². The number of ether oxygens (including phenoxy) is 1. The average molecular weight is 288 g/mol. The number of anilines is 1. The summed E-state index contributed by atoms with van der Waals surface area (Å²) in [5.74, 6) is 0.00231. The molecule has 5 heteroatoms. The number of carbonyl (C=O) groups is 1. The maximum atomic E-state index is 13.0. The Balaban J connectivity index is 2.37. The molecule has 0 spiro atoms. The summed E-state index contributed by atoms with van der Waals surface area (Å²) in [4.78, 5) is 13.2. The molecule has 1 atom stereocenters. The molecule has 1 unspecified atom stereocenters. The summed E-state index contributed by atoms with van der Waals surface area (Å²) in [5, 5.41) is 0. The van der Waals surface area contributed by atoms with Crippen LogP contribution in [-0.4, -0.2) is 24.4 Å². The number of methoxy groups -OCH3 is 1. The number of hydrogen-bond donors (Lipinski definition) is 0. The van der Waals surface area contributed by atoms with Crippen LogP contribution in [0.4, 0.5) is 10.1 Å². The number of hydrogen-bond acceptors (Lipinski definition) is 2. The molecule has 0 aliphatic carbocycles.